The third kappa shape index (κ3) is 5.22. The van der Waals surface area contributed by atoms with Gasteiger partial charge in [-0.05, 0) is 65.8 Å². The van der Waals surface area contributed by atoms with E-state index in [9.17, 15) is 0 Å². The summed E-state index contributed by atoms with van der Waals surface area (Å²) in [4.78, 5) is 0. The second-order valence-electron chi connectivity index (χ2n) is 8.22. The average Bonchev–Trinajstić information content (AvgIpc) is 2.70. The number of fused-ring (bicyclic) bond motifs is 1. The monoisotopic (exact) mass is 348 g/mol. The van der Waals surface area contributed by atoms with Gasteiger partial charge in [0.1, 0.15) is 0 Å². The van der Waals surface area contributed by atoms with Gasteiger partial charge in [0, 0.05) is 0 Å². The van der Waals surface area contributed by atoms with Crippen LogP contribution in [0.4, 0.5) is 0 Å². The lowest BCUT2D eigenvalue weighted by Gasteiger charge is -2.24. The van der Waals surface area contributed by atoms with Crippen LogP contribution in [0.15, 0.2) is 42.5 Å². The van der Waals surface area contributed by atoms with Gasteiger partial charge in [-0.25, -0.2) is 0 Å². The zero-order valence-electron chi connectivity index (χ0n) is 16.9. The summed E-state index contributed by atoms with van der Waals surface area (Å²) < 4.78 is 0. The molecular formula is C26H36. The highest BCUT2D eigenvalue weighted by molar-refractivity contribution is 5.65. The topological polar surface area (TPSA) is 0 Å². The maximum Gasteiger partial charge on any atom is -0.0181 e. The van der Waals surface area contributed by atoms with Crippen molar-refractivity contribution in [1.29, 1.82) is 0 Å². The first-order chi connectivity index (χ1) is 12.8. The van der Waals surface area contributed by atoms with Crippen molar-refractivity contribution in [3.63, 3.8) is 0 Å². The highest BCUT2D eigenvalue weighted by Gasteiger charge is 2.17. The molecule has 0 spiro atoms. The Kier molecular flexibility index (Phi) is 7.35. The molecule has 2 aromatic carbocycles. The first-order valence-electron chi connectivity index (χ1n) is 11.0. The van der Waals surface area contributed by atoms with E-state index in [2.05, 4.69) is 56.3 Å². The fourth-order valence-corrected chi connectivity index (χ4v) is 4.33. The fourth-order valence-electron chi connectivity index (χ4n) is 4.33. The fraction of sp³-hybridized carbons (Fsp3) is 0.538. The van der Waals surface area contributed by atoms with Crippen LogP contribution in [0.2, 0.25) is 0 Å². The van der Waals surface area contributed by atoms with E-state index in [1.54, 1.807) is 11.1 Å². The molecule has 0 radical (unpaired) electrons. The van der Waals surface area contributed by atoms with Crippen molar-refractivity contribution in [1.82, 2.24) is 0 Å². The molecule has 26 heavy (non-hydrogen) atoms. The SMILES string of the molecule is CCCCCCCCc1ccc(-c2ccc3c(c2)CCC(CC)C3)cc1. The van der Waals surface area contributed by atoms with E-state index in [1.165, 1.54) is 87.3 Å². The second-order valence-corrected chi connectivity index (χ2v) is 8.22. The largest absolute Gasteiger partial charge is 0.0654 e. The highest BCUT2D eigenvalue weighted by Crippen LogP contribution is 2.31. The number of rotatable bonds is 9. The van der Waals surface area contributed by atoms with Gasteiger partial charge in [-0.1, -0.05) is 94.8 Å². The van der Waals surface area contributed by atoms with Crippen LogP contribution in [0.1, 0.15) is 81.9 Å². The van der Waals surface area contributed by atoms with Crippen LogP contribution in [0.5, 0.6) is 0 Å². The molecule has 140 valence electrons. The van der Waals surface area contributed by atoms with Crippen LogP contribution in [-0.4, -0.2) is 0 Å². The summed E-state index contributed by atoms with van der Waals surface area (Å²) in [5, 5.41) is 0. The molecule has 0 fully saturated rings. The molecule has 0 saturated heterocycles. The highest BCUT2D eigenvalue weighted by atomic mass is 14.2. The van der Waals surface area contributed by atoms with Crippen LogP contribution in [0.25, 0.3) is 11.1 Å². The molecule has 0 N–H and O–H groups in total. The van der Waals surface area contributed by atoms with Crippen molar-refractivity contribution in [3.8, 4) is 11.1 Å². The van der Waals surface area contributed by atoms with E-state index in [-0.39, 0.29) is 0 Å². The van der Waals surface area contributed by atoms with E-state index >= 15 is 0 Å². The van der Waals surface area contributed by atoms with Crippen LogP contribution < -0.4 is 0 Å². The number of unbranched alkanes of at least 4 members (excludes halogenated alkanes) is 5. The lowest BCUT2D eigenvalue weighted by molar-refractivity contribution is 0.445. The summed E-state index contributed by atoms with van der Waals surface area (Å²) in [6.45, 7) is 4.61. The van der Waals surface area contributed by atoms with Crippen molar-refractivity contribution in [3.05, 3.63) is 59.2 Å². The molecular weight excluding hydrogens is 312 g/mol. The summed E-state index contributed by atoms with van der Waals surface area (Å²) in [5.74, 6) is 0.898. The maximum absolute atomic E-state index is 2.45. The molecule has 2 aromatic rings. The van der Waals surface area contributed by atoms with Crippen LogP contribution >= 0.6 is 0 Å². The first kappa shape index (κ1) is 19.2. The Balaban J connectivity index is 1.55. The van der Waals surface area contributed by atoms with E-state index in [0.29, 0.717) is 0 Å². The summed E-state index contributed by atoms with van der Waals surface area (Å²) in [5.41, 5.74) is 7.44. The van der Waals surface area contributed by atoms with Gasteiger partial charge in [-0.3, -0.25) is 0 Å². The van der Waals surface area contributed by atoms with Crippen molar-refractivity contribution in [2.24, 2.45) is 5.92 Å². The molecule has 0 aromatic heterocycles. The molecule has 0 nitrogen and oxygen atoms in total. The first-order valence-corrected chi connectivity index (χ1v) is 11.0. The molecule has 1 aliphatic carbocycles. The summed E-state index contributed by atoms with van der Waals surface area (Å²) in [6, 6.07) is 16.5. The van der Waals surface area contributed by atoms with Crippen molar-refractivity contribution in [2.45, 2.75) is 84.5 Å². The molecule has 0 bridgehead atoms. The summed E-state index contributed by atoms with van der Waals surface area (Å²) in [6.07, 6.45) is 14.7. The van der Waals surface area contributed by atoms with Crippen molar-refractivity contribution in [2.75, 3.05) is 0 Å². The van der Waals surface area contributed by atoms with Gasteiger partial charge in [0.15, 0.2) is 0 Å². The molecule has 1 unspecified atom stereocenters. The zero-order valence-corrected chi connectivity index (χ0v) is 16.9. The van der Waals surface area contributed by atoms with E-state index in [4.69, 9.17) is 0 Å². The van der Waals surface area contributed by atoms with Crippen molar-refractivity contribution >= 4 is 0 Å². The molecule has 0 heterocycles. The number of benzene rings is 2. The van der Waals surface area contributed by atoms with Crippen LogP contribution in [0, 0.1) is 5.92 Å². The molecule has 1 aliphatic rings. The third-order valence-electron chi connectivity index (χ3n) is 6.22. The predicted molar refractivity (Wildman–Crippen MR) is 115 cm³/mol. The van der Waals surface area contributed by atoms with Gasteiger partial charge < -0.3 is 0 Å². The van der Waals surface area contributed by atoms with Crippen LogP contribution in [-0.2, 0) is 19.3 Å². The molecule has 0 heteroatoms. The van der Waals surface area contributed by atoms with Gasteiger partial charge in [0.05, 0.1) is 0 Å². The molecule has 0 amide bonds. The van der Waals surface area contributed by atoms with E-state index in [1.807, 2.05) is 0 Å². The lowest BCUT2D eigenvalue weighted by atomic mass is 9.81. The molecule has 0 aliphatic heterocycles. The average molecular weight is 349 g/mol. The quantitative estimate of drug-likeness (QED) is 0.406. The van der Waals surface area contributed by atoms with Gasteiger partial charge in [-0.2, -0.15) is 0 Å². The van der Waals surface area contributed by atoms with E-state index < -0.39 is 0 Å². The Morgan fingerprint density at radius 3 is 2.27 bits per heavy atom. The standard InChI is InChI=1S/C26H36/c1-3-5-6-7-8-9-10-22-12-14-23(15-13-22)25-18-17-24-19-21(4-2)11-16-26(24)20-25/h12-15,17-18,20-21H,3-11,16,19H2,1-2H3. The normalized spacial score (nSPS) is 16.5. The predicted octanol–water partition coefficient (Wildman–Crippen LogP) is 7.77. The minimum Gasteiger partial charge on any atom is -0.0654 e. The number of hydrogen-bond donors (Lipinski definition) is 0. The maximum atomic E-state index is 2.45. The molecule has 0 saturated carbocycles. The number of hydrogen-bond acceptors (Lipinski definition) is 0. The lowest BCUT2D eigenvalue weighted by Crippen LogP contribution is -2.13. The van der Waals surface area contributed by atoms with Gasteiger partial charge in [0.25, 0.3) is 0 Å². The molecule has 1 atom stereocenters. The van der Waals surface area contributed by atoms with Crippen LogP contribution in [0.3, 0.4) is 0 Å². The zero-order chi connectivity index (χ0) is 18.2. The summed E-state index contributed by atoms with van der Waals surface area (Å²) in [7, 11) is 0. The van der Waals surface area contributed by atoms with Crippen molar-refractivity contribution < 1.29 is 0 Å². The van der Waals surface area contributed by atoms with Gasteiger partial charge in [-0.15, -0.1) is 0 Å². The Labute approximate surface area is 161 Å². The Bertz CT molecular complexity index is 665. The minimum absolute atomic E-state index is 0.898. The Hall–Kier alpha value is -1.56. The third-order valence-corrected chi connectivity index (χ3v) is 6.22. The van der Waals surface area contributed by atoms with E-state index in [0.717, 1.165) is 5.92 Å². The Morgan fingerprint density at radius 2 is 1.50 bits per heavy atom. The molecule has 3 rings (SSSR count). The second kappa shape index (κ2) is 9.95. The Morgan fingerprint density at radius 1 is 0.769 bits per heavy atom. The smallest absolute Gasteiger partial charge is 0.0181 e. The van der Waals surface area contributed by atoms with Gasteiger partial charge >= 0.3 is 0 Å². The summed E-state index contributed by atoms with van der Waals surface area (Å²) >= 11 is 0. The minimum atomic E-state index is 0.898. The number of aryl methyl sites for hydroxylation is 2. The van der Waals surface area contributed by atoms with Gasteiger partial charge in [0.2, 0.25) is 0 Å².